The third-order valence-electron chi connectivity index (χ3n) is 2.63. The Labute approximate surface area is 119 Å². The van der Waals surface area contributed by atoms with Gasteiger partial charge in [0.05, 0.1) is 11.6 Å². The molecule has 0 fully saturated rings. The highest BCUT2D eigenvalue weighted by Gasteiger charge is 2.28. The number of halogens is 1. The summed E-state index contributed by atoms with van der Waals surface area (Å²) in [6.07, 6.45) is 0. The smallest absolute Gasteiger partial charge is 0.244 e. The van der Waals surface area contributed by atoms with Crippen LogP contribution >= 0.6 is 11.6 Å². The molecular formula is C12H19ClN2O3S. The molecule has 2 N–H and O–H groups in total. The van der Waals surface area contributed by atoms with Crippen LogP contribution in [0.2, 0.25) is 5.02 Å². The van der Waals surface area contributed by atoms with Crippen molar-refractivity contribution in [1.82, 2.24) is 4.31 Å². The lowest BCUT2D eigenvalue weighted by atomic mass is 10.3. The van der Waals surface area contributed by atoms with Crippen molar-refractivity contribution in [2.75, 3.05) is 26.0 Å². The maximum absolute atomic E-state index is 12.6. The van der Waals surface area contributed by atoms with Gasteiger partial charge in [-0.1, -0.05) is 11.6 Å². The number of nitrogen functional groups attached to an aromatic ring is 1. The van der Waals surface area contributed by atoms with Gasteiger partial charge in [0.25, 0.3) is 0 Å². The lowest BCUT2D eigenvalue weighted by Crippen LogP contribution is -2.39. The fourth-order valence-corrected chi connectivity index (χ4v) is 3.84. The van der Waals surface area contributed by atoms with Gasteiger partial charge in [0.15, 0.2) is 0 Å². The van der Waals surface area contributed by atoms with E-state index >= 15 is 0 Å². The molecule has 19 heavy (non-hydrogen) atoms. The van der Waals surface area contributed by atoms with Crippen molar-refractivity contribution < 1.29 is 13.2 Å². The van der Waals surface area contributed by atoms with Gasteiger partial charge in [0, 0.05) is 25.4 Å². The topological polar surface area (TPSA) is 72.6 Å². The van der Waals surface area contributed by atoms with Crippen LogP contribution in [0.4, 0.5) is 5.69 Å². The third kappa shape index (κ3) is 3.82. The van der Waals surface area contributed by atoms with Gasteiger partial charge in [-0.25, -0.2) is 8.42 Å². The van der Waals surface area contributed by atoms with Crippen LogP contribution in [0.15, 0.2) is 23.1 Å². The lowest BCUT2D eigenvalue weighted by molar-refractivity contribution is 0.171. The molecule has 0 aliphatic carbocycles. The Morgan fingerprint density at radius 2 is 2.05 bits per heavy atom. The molecule has 1 aromatic carbocycles. The van der Waals surface area contributed by atoms with Crippen molar-refractivity contribution >= 4 is 27.3 Å². The van der Waals surface area contributed by atoms with E-state index in [4.69, 9.17) is 22.1 Å². The van der Waals surface area contributed by atoms with Gasteiger partial charge in [0.2, 0.25) is 10.0 Å². The van der Waals surface area contributed by atoms with Crippen LogP contribution < -0.4 is 5.73 Å². The normalized spacial score (nSPS) is 12.3. The summed E-state index contributed by atoms with van der Waals surface area (Å²) < 4.78 is 31.4. The number of nitrogens with two attached hydrogens (primary N) is 1. The molecule has 0 aromatic heterocycles. The fraction of sp³-hybridized carbons (Fsp3) is 0.500. The van der Waals surface area contributed by atoms with Crippen LogP contribution in [0.5, 0.6) is 0 Å². The molecule has 0 atom stereocenters. The monoisotopic (exact) mass is 306 g/mol. The summed E-state index contributed by atoms with van der Waals surface area (Å²) >= 11 is 5.98. The number of benzene rings is 1. The van der Waals surface area contributed by atoms with E-state index in [1.54, 1.807) is 13.8 Å². The minimum Gasteiger partial charge on any atom is -0.399 e. The average Bonchev–Trinajstić information content (AvgIpc) is 2.27. The van der Waals surface area contributed by atoms with Crippen molar-refractivity contribution in [2.45, 2.75) is 24.8 Å². The van der Waals surface area contributed by atoms with Crippen LogP contribution in [0.3, 0.4) is 0 Å². The summed E-state index contributed by atoms with van der Waals surface area (Å²) in [6, 6.07) is 4.19. The molecule has 0 bridgehead atoms. The van der Waals surface area contributed by atoms with E-state index in [9.17, 15) is 8.42 Å². The molecule has 0 unspecified atom stereocenters. The molecular weight excluding hydrogens is 288 g/mol. The number of anilines is 1. The van der Waals surface area contributed by atoms with E-state index in [2.05, 4.69) is 0 Å². The van der Waals surface area contributed by atoms with Gasteiger partial charge in [-0.05, 0) is 32.0 Å². The Morgan fingerprint density at radius 3 is 2.53 bits per heavy atom. The van der Waals surface area contributed by atoms with Gasteiger partial charge in [0.1, 0.15) is 4.90 Å². The summed E-state index contributed by atoms with van der Waals surface area (Å²) in [5, 5.41) is 0.128. The molecule has 0 radical (unpaired) electrons. The molecule has 1 aromatic rings. The molecule has 0 saturated carbocycles. The zero-order valence-electron chi connectivity index (χ0n) is 11.3. The molecule has 108 valence electrons. The van der Waals surface area contributed by atoms with Crippen molar-refractivity contribution in [3.63, 3.8) is 0 Å². The van der Waals surface area contributed by atoms with E-state index in [0.717, 1.165) is 0 Å². The second-order valence-electron chi connectivity index (χ2n) is 4.39. The van der Waals surface area contributed by atoms with Gasteiger partial charge in [-0.3, -0.25) is 0 Å². The standard InChI is InChI=1S/C12H19ClN2O3S/c1-9(2)15(6-7-18-3)19(16,17)12-5-4-10(14)8-11(12)13/h4-5,8-9H,6-7,14H2,1-3H3. The van der Waals surface area contributed by atoms with Crippen LogP contribution in [-0.2, 0) is 14.8 Å². The first-order valence-corrected chi connectivity index (χ1v) is 7.68. The maximum Gasteiger partial charge on any atom is 0.244 e. The van der Waals surface area contributed by atoms with E-state index in [-0.39, 0.29) is 22.5 Å². The number of ether oxygens (including phenoxy) is 1. The first-order valence-electron chi connectivity index (χ1n) is 5.86. The SMILES string of the molecule is COCCN(C(C)C)S(=O)(=O)c1ccc(N)cc1Cl. The summed E-state index contributed by atoms with van der Waals surface area (Å²) in [7, 11) is -2.13. The molecule has 0 aliphatic rings. The van der Waals surface area contributed by atoms with E-state index in [0.29, 0.717) is 12.3 Å². The second-order valence-corrected chi connectivity index (χ2v) is 6.66. The summed E-state index contributed by atoms with van der Waals surface area (Å²) in [6.45, 7) is 4.21. The molecule has 0 amide bonds. The van der Waals surface area contributed by atoms with Crippen molar-refractivity contribution in [3.8, 4) is 0 Å². The van der Waals surface area contributed by atoms with Gasteiger partial charge < -0.3 is 10.5 Å². The highest BCUT2D eigenvalue weighted by Crippen LogP contribution is 2.27. The van der Waals surface area contributed by atoms with Gasteiger partial charge in [-0.2, -0.15) is 4.31 Å². The fourth-order valence-electron chi connectivity index (χ4n) is 1.69. The molecule has 0 aliphatic heterocycles. The summed E-state index contributed by atoms with van der Waals surface area (Å²) in [4.78, 5) is 0.0631. The number of hydrogen-bond acceptors (Lipinski definition) is 4. The number of sulfonamides is 1. The van der Waals surface area contributed by atoms with Gasteiger partial charge >= 0.3 is 0 Å². The third-order valence-corrected chi connectivity index (χ3v) is 5.19. The molecule has 0 spiro atoms. The Balaban J connectivity index is 3.19. The predicted octanol–water partition coefficient (Wildman–Crippen LogP) is 1.97. The van der Waals surface area contributed by atoms with Crippen molar-refractivity contribution in [3.05, 3.63) is 23.2 Å². The molecule has 5 nitrogen and oxygen atoms in total. The first kappa shape index (κ1) is 16.2. The van der Waals surface area contributed by atoms with Crippen LogP contribution in [0.25, 0.3) is 0 Å². The Kier molecular flexibility index (Phi) is 5.61. The number of hydrogen-bond donors (Lipinski definition) is 1. The van der Waals surface area contributed by atoms with Crippen LogP contribution in [0.1, 0.15) is 13.8 Å². The summed E-state index contributed by atoms with van der Waals surface area (Å²) in [5.74, 6) is 0. The number of rotatable bonds is 6. The van der Waals surface area contributed by atoms with Crippen LogP contribution in [0, 0.1) is 0 Å². The Morgan fingerprint density at radius 1 is 1.42 bits per heavy atom. The molecule has 7 heteroatoms. The minimum absolute atomic E-state index is 0.0631. The Hall–Kier alpha value is -0.820. The average molecular weight is 307 g/mol. The summed E-state index contributed by atoms with van der Waals surface area (Å²) in [5.41, 5.74) is 6.00. The van der Waals surface area contributed by atoms with Crippen molar-refractivity contribution in [2.24, 2.45) is 0 Å². The van der Waals surface area contributed by atoms with Crippen LogP contribution in [-0.4, -0.2) is 39.0 Å². The number of nitrogens with zero attached hydrogens (tertiary/aromatic N) is 1. The molecule has 0 saturated heterocycles. The zero-order chi connectivity index (χ0) is 14.6. The second kappa shape index (κ2) is 6.56. The predicted molar refractivity (Wildman–Crippen MR) is 76.8 cm³/mol. The van der Waals surface area contributed by atoms with E-state index < -0.39 is 10.0 Å². The van der Waals surface area contributed by atoms with Crippen molar-refractivity contribution in [1.29, 1.82) is 0 Å². The lowest BCUT2D eigenvalue weighted by Gasteiger charge is -2.26. The largest absolute Gasteiger partial charge is 0.399 e. The molecule has 1 rings (SSSR count). The van der Waals surface area contributed by atoms with E-state index in [1.165, 1.54) is 29.6 Å². The highest BCUT2D eigenvalue weighted by molar-refractivity contribution is 7.89. The quantitative estimate of drug-likeness (QED) is 0.816. The first-order chi connectivity index (χ1) is 8.80. The minimum atomic E-state index is -3.65. The maximum atomic E-state index is 12.6. The zero-order valence-corrected chi connectivity index (χ0v) is 12.8. The van der Waals surface area contributed by atoms with E-state index in [1.807, 2.05) is 0 Å². The van der Waals surface area contributed by atoms with Gasteiger partial charge in [-0.15, -0.1) is 0 Å². The molecule has 0 heterocycles. The Bertz CT molecular complexity index is 532. The highest BCUT2D eigenvalue weighted by atomic mass is 35.5. The number of methoxy groups -OCH3 is 1.